The van der Waals surface area contributed by atoms with E-state index in [-0.39, 0.29) is 0 Å². The molecule has 11 rings (SSSR count). The lowest BCUT2D eigenvalue weighted by atomic mass is 9.63. The molecule has 9 aromatic rings. The molecule has 0 spiro atoms. The van der Waals surface area contributed by atoms with Crippen LogP contribution in [-0.4, -0.2) is 0 Å². The van der Waals surface area contributed by atoms with Crippen molar-refractivity contribution < 1.29 is 4.74 Å². The standard InChI is InChI=1S/C54H36O/c1-4-20-40(21-5-1)53(41-22-6-2-7-23-41)48-30-16-17-31-51(48)55-52-33-32-39(36-50(52)53)43-26-12-14-28-46(43)54(42-24-8-3-9-25-42)47-29-15-13-27-44(47)45-34-37-18-10-11-19-38(37)35-49(45)54/h1-36H. The van der Waals surface area contributed by atoms with Crippen LogP contribution in [0, 0.1) is 0 Å². The minimum atomic E-state index is -0.611. The summed E-state index contributed by atoms with van der Waals surface area (Å²) in [5.74, 6) is 1.75. The maximum atomic E-state index is 6.82. The molecule has 1 atom stereocenters. The zero-order valence-corrected chi connectivity index (χ0v) is 30.2. The SMILES string of the molecule is c1ccc(C2(c3ccccc3)c3ccccc3Oc3ccc(-c4ccccc4C4(c5ccccc5)c5ccccc5-c5cc6ccccc6cc54)cc32)cc1. The van der Waals surface area contributed by atoms with Gasteiger partial charge in [-0.1, -0.05) is 188 Å². The Hall–Kier alpha value is -6.96. The van der Waals surface area contributed by atoms with Crippen LogP contribution in [0.15, 0.2) is 218 Å². The zero-order chi connectivity index (χ0) is 36.4. The number of para-hydroxylation sites is 1. The summed E-state index contributed by atoms with van der Waals surface area (Å²) >= 11 is 0. The van der Waals surface area contributed by atoms with E-state index >= 15 is 0 Å². The Morgan fingerprint density at radius 2 is 0.745 bits per heavy atom. The Balaban J connectivity index is 1.23. The first-order valence-electron chi connectivity index (χ1n) is 19.1. The Labute approximate surface area is 321 Å². The average Bonchev–Trinajstić information content (AvgIpc) is 3.55. The van der Waals surface area contributed by atoms with E-state index in [0.717, 1.165) is 28.2 Å². The van der Waals surface area contributed by atoms with E-state index in [0.29, 0.717) is 0 Å². The van der Waals surface area contributed by atoms with Gasteiger partial charge in [0.1, 0.15) is 11.5 Å². The molecule has 0 radical (unpaired) electrons. The Bertz CT molecular complexity index is 2850. The molecule has 9 aromatic carbocycles. The van der Waals surface area contributed by atoms with Crippen molar-refractivity contribution in [1.29, 1.82) is 0 Å². The molecule has 1 heterocycles. The Morgan fingerprint density at radius 1 is 0.273 bits per heavy atom. The third-order valence-electron chi connectivity index (χ3n) is 12.1. The molecule has 0 fully saturated rings. The lowest BCUT2D eigenvalue weighted by Crippen LogP contribution is -2.34. The van der Waals surface area contributed by atoms with Crippen molar-refractivity contribution in [3.63, 3.8) is 0 Å². The summed E-state index contributed by atoms with van der Waals surface area (Å²) in [5.41, 5.74) is 13.5. The summed E-state index contributed by atoms with van der Waals surface area (Å²) in [6.07, 6.45) is 0. The van der Waals surface area contributed by atoms with Crippen molar-refractivity contribution in [2.24, 2.45) is 0 Å². The fourth-order valence-corrected chi connectivity index (χ4v) is 9.84. The first kappa shape index (κ1) is 31.6. The van der Waals surface area contributed by atoms with E-state index in [1.165, 1.54) is 60.8 Å². The molecule has 0 N–H and O–H groups in total. The third kappa shape index (κ3) is 4.47. The first-order chi connectivity index (χ1) is 27.3. The minimum absolute atomic E-state index is 0.567. The van der Waals surface area contributed by atoms with Crippen LogP contribution >= 0.6 is 0 Å². The number of benzene rings is 9. The topological polar surface area (TPSA) is 9.23 Å². The van der Waals surface area contributed by atoms with Gasteiger partial charge in [0.2, 0.25) is 0 Å². The lowest BCUT2D eigenvalue weighted by Gasteiger charge is -2.42. The van der Waals surface area contributed by atoms with Crippen molar-refractivity contribution in [1.82, 2.24) is 0 Å². The second-order valence-electron chi connectivity index (χ2n) is 14.7. The normalized spacial score (nSPS) is 16.0. The van der Waals surface area contributed by atoms with Gasteiger partial charge < -0.3 is 4.74 Å². The van der Waals surface area contributed by atoms with E-state index < -0.39 is 10.8 Å². The van der Waals surface area contributed by atoms with E-state index in [2.05, 4.69) is 218 Å². The molecule has 0 saturated heterocycles. The predicted octanol–water partition coefficient (Wildman–Crippen LogP) is 13.4. The van der Waals surface area contributed by atoms with E-state index in [1.807, 2.05) is 0 Å². The van der Waals surface area contributed by atoms with Gasteiger partial charge in [0.25, 0.3) is 0 Å². The highest BCUT2D eigenvalue weighted by molar-refractivity contribution is 5.97. The number of ether oxygens (including phenoxy) is 1. The van der Waals surface area contributed by atoms with Gasteiger partial charge in [0.15, 0.2) is 0 Å². The van der Waals surface area contributed by atoms with Crippen molar-refractivity contribution in [2.45, 2.75) is 10.8 Å². The number of hydrogen-bond donors (Lipinski definition) is 0. The highest BCUT2D eigenvalue weighted by Gasteiger charge is 2.48. The van der Waals surface area contributed by atoms with Gasteiger partial charge in [-0.15, -0.1) is 0 Å². The highest BCUT2D eigenvalue weighted by Crippen LogP contribution is 2.60. The summed E-state index contributed by atoms with van der Waals surface area (Å²) in [5, 5.41) is 2.49. The molecule has 0 bridgehead atoms. The first-order valence-corrected chi connectivity index (χ1v) is 19.1. The van der Waals surface area contributed by atoms with Crippen LogP contribution in [-0.2, 0) is 10.8 Å². The van der Waals surface area contributed by atoms with Crippen LogP contribution in [0.5, 0.6) is 11.5 Å². The maximum Gasteiger partial charge on any atom is 0.132 e. The molecule has 1 heteroatoms. The Morgan fingerprint density at radius 3 is 1.40 bits per heavy atom. The molecular weight excluding hydrogens is 665 g/mol. The van der Waals surface area contributed by atoms with E-state index in [1.54, 1.807) is 0 Å². The molecule has 0 saturated carbocycles. The fraction of sp³-hybridized carbons (Fsp3) is 0.0370. The predicted molar refractivity (Wildman–Crippen MR) is 225 cm³/mol. The summed E-state index contributed by atoms with van der Waals surface area (Å²) in [7, 11) is 0. The molecule has 0 amide bonds. The van der Waals surface area contributed by atoms with Crippen molar-refractivity contribution in [3.8, 4) is 33.8 Å². The van der Waals surface area contributed by atoms with Crippen molar-refractivity contribution in [2.75, 3.05) is 0 Å². The highest BCUT2D eigenvalue weighted by atomic mass is 16.5. The van der Waals surface area contributed by atoms with Gasteiger partial charge in [0.05, 0.1) is 10.8 Å². The Kier molecular flexibility index (Phi) is 7.06. The van der Waals surface area contributed by atoms with Crippen LogP contribution in [0.1, 0.15) is 44.5 Å². The second-order valence-corrected chi connectivity index (χ2v) is 14.7. The molecule has 1 aliphatic heterocycles. The lowest BCUT2D eigenvalue weighted by molar-refractivity contribution is 0.434. The van der Waals surface area contributed by atoms with Crippen LogP contribution in [0.2, 0.25) is 0 Å². The number of rotatable bonds is 5. The quantitative estimate of drug-likeness (QED) is 0.174. The van der Waals surface area contributed by atoms with Gasteiger partial charge in [0, 0.05) is 11.1 Å². The maximum absolute atomic E-state index is 6.82. The molecule has 1 aliphatic carbocycles. The van der Waals surface area contributed by atoms with E-state index in [4.69, 9.17) is 4.74 Å². The van der Waals surface area contributed by atoms with Gasteiger partial charge >= 0.3 is 0 Å². The van der Waals surface area contributed by atoms with Crippen LogP contribution in [0.25, 0.3) is 33.0 Å². The van der Waals surface area contributed by atoms with Crippen LogP contribution < -0.4 is 4.74 Å². The van der Waals surface area contributed by atoms with Gasteiger partial charge in [-0.05, 0) is 96.7 Å². The van der Waals surface area contributed by atoms with Crippen LogP contribution in [0.3, 0.4) is 0 Å². The molecule has 0 aromatic heterocycles. The molecule has 258 valence electrons. The third-order valence-corrected chi connectivity index (χ3v) is 12.1. The summed E-state index contributed by atoms with van der Waals surface area (Å²) in [4.78, 5) is 0. The van der Waals surface area contributed by atoms with Crippen LogP contribution in [0.4, 0.5) is 0 Å². The average molecular weight is 701 g/mol. The molecule has 1 nitrogen and oxygen atoms in total. The van der Waals surface area contributed by atoms with Crippen molar-refractivity contribution in [3.05, 3.63) is 263 Å². The second kappa shape index (κ2) is 12.3. The monoisotopic (exact) mass is 700 g/mol. The molecule has 55 heavy (non-hydrogen) atoms. The molecule has 2 aliphatic rings. The summed E-state index contributed by atoms with van der Waals surface area (Å²) in [6, 6.07) is 80.1. The summed E-state index contributed by atoms with van der Waals surface area (Å²) in [6.45, 7) is 0. The van der Waals surface area contributed by atoms with Gasteiger partial charge in [-0.25, -0.2) is 0 Å². The minimum Gasteiger partial charge on any atom is -0.457 e. The largest absolute Gasteiger partial charge is 0.457 e. The number of hydrogen-bond acceptors (Lipinski definition) is 1. The zero-order valence-electron chi connectivity index (χ0n) is 30.2. The van der Waals surface area contributed by atoms with Gasteiger partial charge in [-0.2, -0.15) is 0 Å². The number of fused-ring (bicyclic) bond motifs is 6. The summed E-state index contributed by atoms with van der Waals surface area (Å²) < 4.78 is 6.82. The van der Waals surface area contributed by atoms with Gasteiger partial charge in [-0.3, -0.25) is 0 Å². The molecular formula is C54H36O. The molecule has 1 unspecified atom stereocenters. The van der Waals surface area contributed by atoms with E-state index in [9.17, 15) is 0 Å². The smallest absolute Gasteiger partial charge is 0.132 e. The van der Waals surface area contributed by atoms with Crippen molar-refractivity contribution >= 4 is 10.8 Å². The fourth-order valence-electron chi connectivity index (χ4n) is 9.84.